The molecule has 0 spiro atoms. The van der Waals surface area contributed by atoms with Crippen LogP contribution in [0.5, 0.6) is 0 Å². The van der Waals surface area contributed by atoms with Crippen molar-refractivity contribution in [2.75, 3.05) is 37.7 Å². The maximum atomic E-state index is 12.6. The van der Waals surface area contributed by atoms with E-state index in [1.165, 1.54) is 19.1 Å². The lowest BCUT2D eigenvalue weighted by molar-refractivity contribution is 0.0714. The Balaban J connectivity index is 1.43. The van der Waals surface area contributed by atoms with Gasteiger partial charge in [0.05, 0.1) is 30.7 Å². The Morgan fingerprint density at radius 3 is 2.67 bits per heavy atom. The summed E-state index contributed by atoms with van der Waals surface area (Å²) in [5.74, 6) is 1.55. The highest BCUT2D eigenvalue weighted by molar-refractivity contribution is 5.91. The lowest BCUT2D eigenvalue weighted by atomic mass is 9.90. The first-order valence-corrected chi connectivity index (χ1v) is 10.9. The quantitative estimate of drug-likeness (QED) is 0.778. The van der Waals surface area contributed by atoms with Crippen LogP contribution in [0.2, 0.25) is 0 Å². The predicted octanol–water partition coefficient (Wildman–Crippen LogP) is 3.24. The Labute approximate surface area is 176 Å². The first-order valence-electron chi connectivity index (χ1n) is 10.9. The fourth-order valence-corrected chi connectivity index (χ4v) is 5.02. The van der Waals surface area contributed by atoms with E-state index in [1.54, 1.807) is 12.1 Å². The maximum absolute atomic E-state index is 12.6. The normalized spacial score (nSPS) is 19.6. The molecule has 0 aromatic carbocycles. The molecule has 3 aliphatic rings. The van der Waals surface area contributed by atoms with Crippen LogP contribution in [0, 0.1) is 11.3 Å². The van der Waals surface area contributed by atoms with Crippen molar-refractivity contribution in [2.24, 2.45) is 0 Å². The van der Waals surface area contributed by atoms with Gasteiger partial charge in [0.25, 0.3) is 5.91 Å². The third kappa shape index (κ3) is 3.35. The number of furan rings is 1. The minimum absolute atomic E-state index is 0.0812. The third-order valence-corrected chi connectivity index (χ3v) is 6.62. The van der Waals surface area contributed by atoms with Crippen molar-refractivity contribution in [3.63, 3.8) is 0 Å². The molecule has 156 valence electrons. The van der Waals surface area contributed by atoms with Gasteiger partial charge in [-0.2, -0.15) is 5.26 Å². The first kappa shape index (κ1) is 19.1. The molecule has 1 amide bonds. The zero-order valence-corrected chi connectivity index (χ0v) is 17.1. The SMILES string of the molecule is N#Cc1c(N2CCN(C(=O)c3ccco3)CC2)nc(C2CCCC2)c2c1CCOC2. The molecule has 0 radical (unpaired) electrons. The van der Waals surface area contributed by atoms with Gasteiger partial charge in [0, 0.05) is 37.7 Å². The molecule has 2 aromatic heterocycles. The fraction of sp³-hybridized carbons (Fsp3) is 0.522. The van der Waals surface area contributed by atoms with Gasteiger partial charge in [-0.25, -0.2) is 4.98 Å². The number of fused-ring (bicyclic) bond motifs is 1. The van der Waals surface area contributed by atoms with Crippen molar-refractivity contribution < 1.29 is 13.9 Å². The van der Waals surface area contributed by atoms with Crippen LogP contribution in [0.3, 0.4) is 0 Å². The van der Waals surface area contributed by atoms with Gasteiger partial charge in [-0.05, 0) is 37.0 Å². The molecule has 7 nitrogen and oxygen atoms in total. The van der Waals surface area contributed by atoms with Gasteiger partial charge in [0.15, 0.2) is 5.76 Å². The Morgan fingerprint density at radius 2 is 1.97 bits per heavy atom. The van der Waals surface area contributed by atoms with E-state index in [2.05, 4.69) is 11.0 Å². The minimum Gasteiger partial charge on any atom is -0.459 e. The monoisotopic (exact) mass is 406 g/mol. The van der Waals surface area contributed by atoms with Crippen molar-refractivity contribution in [3.05, 3.63) is 46.5 Å². The second kappa shape index (κ2) is 8.11. The number of nitriles is 1. The van der Waals surface area contributed by atoms with E-state index >= 15 is 0 Å². The van der Waals surface area contributed by atoms with Crippen LogP contribution in [0.25, 0.3) is 0 Å². The molecule has 0 atom stereocenters. The Hall–Kier alpha value is -2.85. The molecule has 30 heavy (non-hydrogen) atoms. The van der Waals surface area contributed by atoms with Gasteiger partial charge < -0.3 is 19.0 Å². The number of piperazine rings is 1. The van der Waals surface area contributed by atoms with Gasteiger partial charge in [-0.1, -0.05) is 12.8 Å². The van der Waals surface area contributed by atoms with Gasteiger partial charge >= 0.3 is 0 Å². The molecule has 2 aliphatic heterocycles. The Morgan fingerprint density at radius 1 is 1.17 bits per heavy atom. The molecule has 5 rings (SSSR count). The highest BCUT2D eigenvalue weighted by Crippen LogP contribution is 2.40. The van der Waals surface area contributed by atoms with Crippen LogP contribution in [-0.2, 0) is 17.8 Å². The summed E-state index contributed by atoms with van der Waals surface area (Å²) in [7, 11) is 0. The van der Waals surface area contributed by atoms with Gasteiger partial charge in [-0.15, -0.1) is 0 Å². The number of pyridine rings is 1. The van der Waals surface area contributed by atoms with Crippen LogP contribution in [0.15, 0.2) is 22.8 Å². The van der Waals surface area contributed by atoms with Crippen molar-refractivity contribution in [1.29, 1.82) is 5.26 Å². The van der Waals surface area contributed by atoms with E-state index in [0.29, 0.717) is 56.6 Å². The summed E-state index contributed by atoms with van der Waals surface area (Å²) < 4.78 is 11.0. The van der Waals surface area contributed by atoms with E-state index in [9.17, 15) is 10.1 Å². The zero-order chi connectivity index (χ0) is 20.5. The standard InChI is InChI=1S/C23H26N4O3/c24-14-18-17-7-13-29-15-19(17)21(16-4-1-2-5-16)25-22(18)26-8-10-27(11-9-26)23(28)20-6-3-12-30-20/h3,6,12,16H,1-2,4-5,7-11,13,15H2. The number of carbonyl (C=O) groups excluding carboxylic acids is 1. The summed E-state index contributed by atoms with van der Waals surface area (Å²) in [6.07, 6.45) is 7.10. The summed E-state index contributed by atoms with van der Waals surface area (Å²) in [6, 6.07) is 5.87. The van der Waals surface area contributed by atoms with Crippen LogP contribution >= 0.6 is 0 Å². The largest absolute Gasteiger partial charge is 0.459 e. The number of rotatable bonds is 3. The molecule has 4 heterocycles. The number of amides is 1. The average Bonchev–Trinajstić information content (AvgIpc) is 3.52. The molecule has 0 N–H and O–H groups in total. The second-order valence-electron chi connectivity index (χ2n) is 8.31. The Kier molecular flexibility index (Phi) is 5.17. The second-order valence-corrected chi connectivity index (χ2v) is 8.31. The molecule has 0 unspecified atom stereocenters. The average molecular weight is 406 g/mol. The number of aromatic nitrogens is 1. The molecule has 1 aliphatic carbocycles. The van der Waals surface area contributed by atoms with E-state index in [-0.39, 0.29) is 5.91 Å². The van der Waals surface area contributed by atoms with Crippen LogP contribution in [0.1, 0.15) is 64.5 Å². The number of carbonyl (C=O) groups is 1. The summed E-state index contributed by atoms with van der Waals surface area (Å²) in [4.78, 5) is 21.7. The predicted molar refractivity (Wildman–Crippen MR) is 110 cm³/mol. The topological polar surface area (TPSA) is 82.6 Å². The van der Waals surface area contributed by atoms with Crippen molar-refractivity contribution >= 4 is 11.7 Å². The third-order valence-electron chi connectivity index (χ3n) is 6.62. The summed E-state index contributed by atoms with van der Waals surface area (Å²) in [5, 5.41) is 9.99. The van der Waals surface area contributed by atoms with Crippen molar-refractivity contribution in [2.45, 2.75) is 44.6 Å². The van der Waals surface area contributed by atoms with Crippen LogP contribution in [0.4, 0.5) is 5.82 Å². The minimum atomic E-state index is -0.0812. The summed E-state index contributed by atoms with van der Waals surface area (Å²) >= 11 is 0. The van der Waals surface area contributed by atoms with E-state index in [4.69, 9.17) is 14.1 Å². The number of hydrogen-bond acceptors (Lipinski definition) is 6. The molecule has 7 heteroatoms. The van der Waals surface area contributed by atoms with Gasteiger partial charge in [0.1, 0.15) is 11.9 Å². The van der Waals surface area contributed by atoms with E-state index in [0.717, 1.165) is 41.9 Å². The molecule has 2 aromatic rings. The van der Waals surface area contributed by atoms with Gasteiger partial charge in [-0.3, -0.25) is 4.79 Å². The molecular formula is C23H26N4O3. The van der Waals surface area contributed by atoms with E-state index < -0.39 is 0 Å². The first-order chi connectivity index (χ1) is 14.8. The van der Waals surface area contributed by atoms with Crippen molar-refractivity contribution in [1.82, 2.24) is 9.88 Å². The lowest BCUT2D eigenvalue weighted by Gasteiger charge is -2.36. The number of ether oxygens (including phenoxy) is 1. The van der Waals surface area contributed by atoms with Crippen molar-refractivity contribution in [3.8, 4) is 6.07 Å². The maximum Gasteiger partial charge on any atom is 0.289 e. The summed E-state index contributed by atoms with van der Waals surface area (Å²) in [6.45, 7) is 3.71. The highest BCUT2D eigenvalue weighted by Gasteiger charge is 2.31. The number of nitrogens with zero attached hydrogens (tertiary/aromatic N) is 4. The number of anilines is 1. The molecule has 0 bridgehead atoms. The molecule has 1 saturated heterocycles. The summed E-state index contributed by atoms with van der Waals surface area (Å²) in [5.41, 5.74) is 4.12. The van der Waals surface area contributed by atoms with E-state index in [1.807, 2.05) is 4.90 Å². The number of hydrogen-bond donors (Lipinski definition) is 0. The smallest absolute Gasteiger partial charge is 0.289 e. The lowest BCUT2D eigenvalue weighted by Crippen LogP contribution is -2.49. The fourth-order valence-electron chi connectivity index (χ4n) is 5.02. The van der Waals surface area contributed by atoms with Gasteiger partial charge in [0.2, 0.25) is 0 Å². The Bertz CT molecular complexity index is 965. The highest BCUT2D eigenvalue weighted by atomic mass is 16.5. The molecule has 2 fully saturated rings. The van der Waals surface area contributed by atoms with Crippen LogP contribution < -0.4 is 4.90 Å². The zero-order valence-electron chi connectivity index (χ0n) is 17.1. The molecular weight excluding hydrogens is 380 g/mol. The van der Waals surface area contributed by atoms with Crippen LogP contribution in [-0.4, -0.2) is 48.6 Å². The molecule has 1 saturated carbocycles.